The molecule has 0 saturated carbocycles. The van der Waals surface area contributed by atoms with Crippen LogP contribution in [0.5, 0.6) is 0 Å². The lowest BCUT2D eigenvalue weighted by molar-refractivity contribution is 0.214. The molecule has 1 heterocycles. The number of nitrogens with zero attached hydrogens (tertiary/aromatic N) is 3. The van der Waals surface area contributed by atoms with Gasteiger partial charge in [-0.1, -0.05) is 47.5 Å². The third-order valence-corrected chi connectivity index (χ3v) is 3.34. The quantitative estimate of drug-likeness (QED) is 0.802. The van der Waals surface area contributed by atoms with Gasteiger partial charge in [0.15, 0.2) is 0 Å². The number of rotatable bonds is 3. The number of hydrogen-bond acceptors (Lipinski definition) is 3. The number of para-hydroxylation sites is 1. The molecule has 4 nitrogen and oxygen atoms in total. The molecule has 0 bridgehead atoms. The average Bonchev–Trinajstić information content (AvgIpc) is 2.96. The highest BCUT2D eigenvalue weighted by Gasteiger charge is 2.15. The first-order valence-corrected chi connectivity index (χ1v) is 6.87. The molecule has 0 fully saturated rings. The summed E-state index contributed by atoms with van der Waals surface area (Å²) in [5.74, 6) is 0. The van der Waals surface area contributed by atoms with Crippen LogP contribution in [0, 0.1) is 13.8 Å². The molecule has 3 aromatic rings. The van der Waals surface area contributed by atoms with Gasteiger partial charge in [-0.3, -0.25) is 0 Å². The minimum atomic E-state index is -0.763. The maximum absolute atomic E-state index is 10.5. The van der Waals surface area contributed by atoms with Crippen molar-refractivity contribution >= 4 is 0 Å². The zero-order chi connectivity index (χ0) is 14.8. The summed E-state index contributed by atoms with van der Waals surface area (Å²) in [7, 11) is 0. The van der Waals surface area contributed by atoms with E-state index in [-0.39, 0.29) is 0 Å². The van der Waals surface area contributed by atoms with Crippen LogP contribution in [0.1, 0.15) is 28.5 Å². The molecule has 2 aromatic carbocycles. The maximum atomic E-state index is 10.5. The summed E-state index contributed by atoms with van der Waals surface area (Å²) in [6.45, 7) is 4.04. The zero-order valence-electron chi connectivity index (χ0n) is 12.1. The van der Waals surface area contributed by atoms with Gasteiger partial charge in [-0.25, -0.2) is 0 Å². The predicted octanol–water partition coefficient (Wildman–Crippen LogP) is 2.97. The molecule has 3 rings (SSSR count). The van der Waals surface area contributed by atoms with Crippen LogP contribution in [0.2, 0.25) is 0 Å². The molecule has 0 amide bonds. The smallest absolute Gasteiger partial charge is 0.124 e. The van der Waals surface area contributed by atoms with E-state index in [0.29, 0.717) is 5.69 Å². The molecule has 4 heteroatoms. The standard InChI is InChI=1S/C17H17N3O/c1-12-8-13(2)10-14(9-12)17(21)16-11-18-20(19-16)15-6-4-3-5-7-15/h3-11,17,21H,1-2H3. The second kappa shape index (κ2) is 5.50. The fourth-order valence-electron chi connectivity index (χ4n) is 2.42. The minimum absolute atomic E-state index is 0.545. The summed E-state index contributed by atoms with van der Waals surface area (Å²) < 4.78 is 0. The van der Waals surface area contributed by atoms with Crippen molar-refractivity contribution < 1.29 is 5.11 Å². The van der Waals surface area contributed by atoms with Gasteiger partial charge >= 0.3 is 0 Å². The summed E-state index contributed by atoms with van der Waals surface area (Å²) in [4.78, 5) is 1.53. The molecule has 0 spiro atoms. The predicted molar refractivity (Wildman–Crippen MR) is 81.3 cm³/mol. The minimum Gasteiger partial charge on any atom is -0.382 e. The molecule has 1 aromatic heterocycles. The monoisotopic (exact) mass is 279 g/mol. The normalized spacial score (nSPS) is 12.3. The summed E-state index contributed by atoms with van der Waals surface area (Å²) in [5.41, 5.74) is 4.51. The number of aromatic nitrogens is 3. The van der Waals surface area contributed by atoms with Crippen LogP contribution in [0.25, 0.3) is 5.69 Å². The first kappa shape index (κ1) is 13.5. The molecule has 1 atom stereocenters. The van der Waals surface area contributed by atoms with Gasteiger partial charge in [-0.05, 0) is 31.5 Å². The van der Waals surface area contributed by atoms with E-state index in [2.05, 4.69) is 16.3 Å². The Labute approximate surface area is 123 Å². The van der Waals surface area contributed by atoms with Crippen molar-refractivity contribution in [2.75, 3.05) is 0 Å². The van der Waals surface area contributed by atoms with Gasteiger partial charge in [0.1, 0.15) is 11.8 Å². The van der Waals surface area contributed by atoms with Crippen LogP contribution in [-0.2, 0) is 0 Å². The Kier molecular flexibility index (Phi) is 3.54. The topological polar surface area (TPSA) is 50.9 Å². The number of aliphatic hydroxyl groups is 1. The van der Waals surface area contributed by atoms with Gasteiger partial charge in [-0.15, -0.1) is 0 Å². The van der Waals surface area contributed by atoms with Crippen LogP contribution < -0.4 is 0 Å². The van der Waals surface area contributed by atoms with E-state index in [1.807, 2.05) is 56.3 Å². The number of aryl methyl sites for hydroxylation is 2. The Bertz CT molecular complexity index is 729. The van der Waals surface area contributed by atoms with Gasteiger partial charge in [-0.2, -0.15) is 15.0 Å². The van der Waals surface area contributed by atoms with Crippen molar-refractivity contribution in [3.8, 4) is 5.69 Å². The van der Waals surface area contributed by atoms with E-state index in [1.54, 1.807) is 6.20 Å². The SMILES string of the molecule is Cc1cc(C)cc(C(O)c2cnn(-c3ccccc3)n2)c1. The number of benzene rings is 2. The molecule has 0 aliphatic heterocycles. The molecule has 21 heavy (non-hydrogen) atoms. The molecule has 0 saturated heterocycles. The van der Waals surface area contributed by atoms with Crippen LogP contribution in [0.15, 0.2) is 54.7 Å². The van der Waals surface area contributed by atoms with E-state index >= 15 is 0 Å². The lowest BCUT2D eigenvalue weighted by atomic mass is 10.0. The van der Waals surface area contributed by atoms with Gasteiger partial charge in [0, 0.05) is 0 Å². The maximum Gasteiger partial charge on any atom is 0.124 e. The first-order chi connectivity index (χ1) is 10.1. The molecule has 1 N–H and O–H groups in total. The number of hydrogen-bond donors (Lipinski definition) is 1. The highest BCUT2D eigenvalue weighted by Crippen LogP contribution is 2.22. The van der Waals surface area contributed by atoms with E-state index in [0.717, 1.165) is 22.4 Å². The Hall–Kier alpha value is -2.46. The van der Waals surface area contributed by atoms with Crippen molar-refractivity contribution in [1.82, 2.24) is 15.0 Å². The summed E-state index contributed by atoms with van der Waals surface area (Å²) >= 11 is 0. The first-order valence-electron chi connectivity index (χ1n) is 6.87. The third-order valence-electron chi connectivity index (χ3n) is 3.34. The van der Waals surface area contributed by atoms with Gasteiger partial charge < -0.3 is 5.11 Å². The van der Waals surface area contributed by atoms with E-state index in [1.165, 1.54) is 4.80 Å². The fourth-order valence-corrected chi connectivity index (χ4v) is 2.42. The largest absolute Gasteiger partial charge is 0.382 e. The fraction of sp³-hybridized carbons (Fsp3) is 0.176. The Morgan fingerprint density at radius 1 is 1.00 bits per heavy atom. The van der Waals surface area contributed by atoms with Crippen LogP contribution in [0.4, 0.5) is 0 Å². The second-order valence-electron chi connectivity index (χ2n) is 5.22. The highest BCUT2D eigenvalue weighted by molar-refractivity contribution is 5.34. The van der Waals surface area contributed by atoms with E-state index in [4.69, 9.17) is 0 Å². The van der Waals surface area contributed by atoms with Crippen molar-refractivity contribution in [2.24, 2.45) is 0 Å². The van der Waals surface area contributed by atoms with Crippen molar-refractivity contribution in [1.29, 1.82) is 0 Å². The third kappa shape index (κ3) is 2.85. The van der Waals surface area contributed by atoms with E-state index < -0.39 is 6.10 Å². The van der Waals surface area contributed by atoms with Gasteiger partial charge in [0.2, 0.25) is 0 Å². The Morgan fingerprint density at radius 3 is 2.33 bits per heavy atom. The molecule has 0 aliphatic rings. The van der Waals surface area contributed by atoms with Gasteiger partial charge in [0.25, 0.3) is 0 Å². The van der Waals surface area contributed by atoms with Crippen molar-refractivity contribution in [2.45, 2.75) is 20.0 Å². The summed E-state index contributed by atoms with van der Waals surface area (Å²) in [6.07, 6.45) is 0.844. The van der Waals surface area contributed by atoms with Crippen LogP contribution >= 0.6 is 0 Å². The van der Waals surface area contributed by atoms with Crippen LogP contribution in [-0.4, -0.2) is 20.1 Å². The number of aliphatic hydroxyl groups excluding tert-OH is 1. The highest BCUT2D eigenvalue weighted by atomic mass is 16.3. The van der Waals surface area contributed by atoms with Crippen molar-refractivity contribution in [3.63, 3.8) is 0 Å². The Morgan fingerprint density at radius 2 is 1.67 bits per heavy atom. The molecule has 0 aliphatic carbocycles. The van der Waals surface area contributed by atoms with Crippen molar-refractivity contribution in [3.05, 3.63) is 77.1 Å². The lowest BCUT2D eigenvalue weighted by Gasteiger charge is -2.10. The lowest BCUT2D eigenvalue weighted by Crippen LogP contribution is -2.04. The molecule has 106 valence electrons. The Balaban J connectivity index is 1.92. The molecular formula is C17H17N3O. The molecule has 0 radical (unpaired) electrons. The van der Waals surface area contributed by atoms with Gasteiger partial charge in [0.05, 0.1) is 11.9 Å². The zero-order valence-corrected chi connectivity index (χ0v) is 12.1. The summed E-state index contributed by atoms with van der Waals surface area (Å²) in [6, 6.07) is 15.7. The van der Waals surface area contributed by atoms with Crippen LogP contribution in [0.3, 0.4) is 0 Å². The molecule has 1 unspecified atom stereocenters. The van der Waals surface area contributed by atoms with E-state index in [9.17, 15) is 5.11 Å². The molecular weight excluding hydrogens is 262 g/mol. The summed E-state index contributed by atoms with van der Waals surface area (Å²) in [5, 5.41) is 19.1. The second-order valence-corrected chi connectivity index (χ2v) is 5.22. The average molecular weight is 279 g/mol.